The first-order chi connectivity index (χ1) is 11.1. The first-order valence-electron chi connectivity index (χ1n) is 7.53. The van der Waals surface area contributed by atoms with Crippen LogP contribution >= 0.6 is 0 Å². The lowest BCUT2D eigenvalue weighted by Gasteiger charge is -2.17. The van der Waals surface area contributed by atoms with E-state index in [2.05, 4.69) is 5.10 Å². The van der Waals surface area contributed by atoms with Gasteiger partial charge in [0.1, 0.15) is 5.82 Å². The highest BCUT2D eigenvalue weighted by molar-refractivity contribution is 5.79. The van der Waals surface area contributed by atoms with Gasteiger partial charge >= 0.3 is 0 Å². The molecule has 0 spiro atoms. The number of halogens is 1. The first-order valence-corrected chi connectivity index (χ1v) is 7.53. The molecule has 0 bridgehead atoms. The molecule has 4 nitrogen and oxygen atoms in total. The molecule has 1 heterocycles. The molecule has 2 aromatic carbocycles. The Morgan fingerprint density at radius 1 is 1.17 bits per heavy atom. The molecular weight excluding hydrogens is 293 g/mol. The molecule has 0 fully saturated rings. The van der Waals surface area contributed by atoms with Crippen LogP contribution in [0.4, 0.5) is 4.39 Å². The van der Waals surface area contributed by atoms with Crippen molar-refractivity contribution in [1.29, 1.82) is 0 Å². The summed E-state index contributed by atoms with van der Waals surface area (Å²) >= 11 is 0. The van der Waals surface area contributed by atoms with Crippen LogP contribution in [0.25, 0.3) is 10.9 Å². The van der Waals surface area contributed by atoms with Crippen LogP contribution in [0.5, 0.6) is 0 Å². The van der Waals surface area contributed by atoms with E-state index in [1.54, 1.807) is 36.3 Å². The largest absolute Gasteiger partial charge is 0.341 e. The Hall–Kier alpha value is -2.69. The van der Waals surface area contributed by atoms with Crippen molar-refractivity contribution in [3.63, 3.8) is 0 Å². The highest BCUT2D eigenvalue weighted by Gasteiger charge is 2.12. The van der Waals surface area contributed by atoms with Crippen LogP contribution in [0.3, 0.4) is 0 Å². The van der Waals surface area contributed by atoms with Crippen LogP contribution < -0.4 is 0 Å². The van der Waals surface area contributed by atoms with Crippen LogP contribution in [-0.2, 0) is 17.9 Å². The molecule has 1 amide bonds. The summed E-state index contributed by atoms with van der Waals surface area (Å²) in [4.78, 5) is 13.8. The number of carbonyl (C=O) groups is 1. The average molecular weight is 311 g/mol. The van der Waals surface area contributed by atoms with Crippen LogP contribution in [0.15, 0.2) is 54.7 Å². The third-order valence-corrected chi connectivity index (χ3v) is 3.88. The van der Waals surface area contributed by atoms with Gasteiger partial charge in [-0.2, -0.15) is 5.10 Å². The average Bonchev–Trinajstić information content (AvgIpc) is 2.98. The van der Waals surface area contributed by atoms with Gasteiger partial charge < -0.3 is 4.90 Å². The molecule has 23 heavy (non-hydrogen) atoms. The zero-order valence-electron chi connectivity index (χ0n) is 12.9. The molecule has 0 saturated carbocycles. The normalized spacial score (nSPS) is 10.9. The summed E-state index contributed by atoms with van der Waals surface area (Å²) in [6, 6.07) is 14.4. The van der Waals surface area contributed by atoms with Crippen LogP contribution in [0, 0.1) is 5.82 Å². The maximum Gasteiger partial charge on any atom is 0.224 e. The second-order valence-corrected chi connectivity index (χ2v) is 5.52. The van der Waals surface area contributed by atoms with Crippen LogP contribution in [0.2, 0.25) is 0 Å². The van der Waals surface area contributed by atoms with Gasteiger partial charge in [-0.15, -0.1) is 0 Å². The van der Waals surface area contributed by atoms with Gasteiger partial charge in [0.05, 0.1) is 18.3 Å². The summed E-state index contributed by atoms with van der Waals surface area (Å²) in [6.45, 7) is 0.777. The van der Waals surface area contributed by atoms with Crippen LogP contribution in [0.1, 0.15) is 12.0 Å². The first kappa shape index (κ1) is 15.2. The highest BCUT2D eigenvalue weighted by Crippen LogP contribution is 2.14. The molecule has 0 unspecified atom stereocenters. The molecule has 0 aliphatic heterocycles. The molecule has 0 atom stereocenters. The lowest BCUT2D eigenvalue weighted by molar-refractivity contribution is -0.130. The van der Waals surface area contributed by atoms with E-state index in [9.17, 15) is 9.18 Å². The Morgan fingerprint density at radius 2 is 1.91 bits per heavy atom. The molecule has 1 aromatic heterocycles. The minimum atomic E-state index is -0.287. The quantitative estimate of drug-likeness (QED) is 0.725. The molecule has 0 aliphatic rings. The fraction of sp³-hybridized carbons (Fsp3) is 0.222. The lowest BCUT2D eigenvalue weighted by atomic mass is 10.2. The molecular formula is C18H18FN3O. The van der Waals surface area contributed by atoms with E-state index in [4.69, 9.17) is 0 Å². The maximum absolute atomic E-state index is 13.6. The molecule has 0 aliphatic carbocycles. The molecule has 0 radical (unpaired) electrons. The number of aryl methyl sites for hydroxylation is 1. The SMILES string of the molecule is CN(Cc1ccccc1F)C(=O)CCn1ncc2ccccc21. The van der Waals surface area contributed by atoms with E-state index in [-0.39, 0.29) is 18.3 Å². The summed E-state index contributed by atoms with van der Waals surface area (Å²) in [6.07, 6.45) is 2.12. The van der Waals surface area contributed by atoms with Crippen molar-refractivity contribution in [2.75, 3.05) is 7.05 Å². The Balaban J connectivity index is 1.62. The number of carbonyl (C=O) groups excluding carboxylic acids is 1. The predicted molar refractivity (Wildman–Crippen MR) is 87.2 cm³/mol. The Morgan fingerprint density at radius 3 is 2.74 bits per heavy atom. The Kier molecular flexibility index (Phi) is 4.37. The van der Waals surface area contributed by atoms with E-state index in [0.717, 1.165) is 10.9 Å². The number of benzene rings is 2. The summed E-state index contributed by atoms with van der Waals surface area (Å²) in [5, 5.41) is 5.37. The van der Waals surface area contributed by atoms with Gasteiger partial charge in [-0.1, -0.05) is 36.4 Å². The molecule has 5 heteroatoms. The van der Waals surface area contributed by atoms with Gasteiger partial charge in [0.15, 0.2) is 0 Å². The number of para-hydroxylation sites is 1. The van der Waals surface area contributed by atoms with Crippen molar-refractivity contribution < 1.29 is 9.18 Å². The fourth-order valence-corrected chi connectivity index (χ4v) is 2.57. The zero-order valence-corrected chi connectivity index (χ0v) is 12.9. The van der Waals surface area contributed by atoms with Gasteiger partial charge in [-0.25, -0.2) is 4.39 Å². The third-order valence-electron chi connectivity index (χ3n) is 3.88. The van der Waals surface area contributed by atoms with Gasteiger partial charge in [0, 0.05) is 31.0 Å². The smallest absolute Gasteiger partial charge is 0.224 e. The van der Waals surface area contributed by atoms with Gasteiger partial charge in [-0.05, 0) is 12.1 Å². The number of aromatic nitrogens is 2. The number of rotatable bonds is 5. The molecule has 3 aromatic rings. The number of nitrogens with zero attached hydrogens (tertiary/aromatic N) is 3. The molecule has 118 valence electrons. The Bertz CT molecular complexity index is 828. The Labute approximate surface area is 134 Å². The second kappa shape index (κ2) is 6.60. The van der Waals surface area contributed by atoms with Crippen LogP contribution in [-0.4, -0.2) is 27.6 Å². The summed E-state index contributed by atoms with van der Waals surface area (Å²) < 4.78 is 15.5. The standard InChI is InChI=1S/C18H18FN3O/c1-21(13-15-7-2-4-8-16(15)19)18(23)10-11-22-17-9-5-3-6-14(17)12-20-22/h2-9,12H,10-11,13H2,1H3. The van der Waals surface area contributed by atoms with Gasteiger partial charge in [-0.3, -0.25) is 9.48 Å². The predicted octanol–water partition coefficient (Wildman–Crippen LogP) is 3.22. The summed E-state index contributed by atoms with van der Waals surface area (Å²) in [5.74, 6) is -0.321. The van der Waals surface area contributed by atoms with Crippen molar-refractivity contribution >= 4 is 16.8 Å². The van der Waals surface area contributed by atoms with Crippen molar-refractivity contribution in [2.24, 2.45) is 0 Å². The van der Waals surface area contributed by atoms with E-state index in [1.807, 2.05) is 28.9 Å². The number of amides is 1. The van der Waals surface area contributed by atoms with Gasteiger partial charge in [0.25, 0.3) is 0 Å². The van der Waals surface area contributed by atoms with E-state index in [1.165, 1.54) is 6.07 Å². The minimum Gasteiger partial charge on any atom is -0.341 e. The monoisotopic (exact) mass is 311 g/mol. The molecule has 0 saturated heterocycles. The van der Waals surface area contributed by atoms with Crippen molar-refractivity contribution in [1.82, 2.24) is 14.7 Å². The highest BCUT2D eigenvalue weighted by atomic mass is 19.1. The van der Waals surface area contributed by atoms with Crippen molar-refractivity contribution in [3.8, 4) is 0 Å². The fourth-order valence-electron chi connectivity index (χ4n) is 2.57. The zero-order chi connectivity index (χ0) is 16.2. The number of hydrogen-bond donors (Lipinski definition) is 0. The van der Waals surface area contributed by atoms with E-state index >= 15 is 0 Å². The van der Waals surface area contributed by atoms with Crippen molar-refractivity contribution in [3.05, 3.63) is 66.1 Å². The molecule has 0 N–H and O–H groups in total. The topological polar surface area (TPSA) is 38.1 Å². The van der Waals surface area contributed by atoms with Crippen molar-refractivity contribution in [2.45, 2.75) is 19.5 Å². The van der Waals surface area contributed by atoms with E-state index < -0.39 is 0 Å². The number of fused-ring (bicyclic) bond motifs is 1. The minimum absolute atomic E-state index is 0.0344. The lowest BCUT2D eigenvalue weighted by Crippen LogP contribution is -2.27. The third kappa shape index (κ3) is 3.39. The second-order valence-electron chi connectivity index (χ2n) is 5.52. The number of hydrogen-bond acceptors (Lipinski definition) is 2. The summed E-state index contributed by atoms with van der Waals surface area (Å²) in [5.41, 5.74) is 1.53. The van der Waals surface area contributed by atoms with E-state index in [0.29, 0.717) is 18.5 Å². The molecule has 3 rings (SSSR count). The summed E-state index contributed by atoms with van der Waals surface area (Å²) in [7, 11) is 1.69. The maximum atomic E-state index is 13.6. The van der Waals surface area contributed by atoms with Gasteiger partial charge in [0.2, 0.25) is 5.91 Å².